The minimum absolute atomic E-state index is 0.0857. The van der Waals surface area contributed by atoms with Crippen molar-refractivity contribution in [1.82, 2.24) is 4.90 Å². The smallest absolute Gasteiger partial charge is 0.289 e. The van der Waals surface area contributed by atoms with E-state index in [1.54, 1.807) is 35.2 Å². The molecule has 1 N–H and O–H groups in total. The number of rotatable bonds is 3. The first-order chi connectivity index (χ1) is 10.2. The minimum Gasteiger partial charge on any atom is -0.451 e. The van der Waals surface area contributed by atoms with E-state index in [0.717, 1.165) is 6.42 Å². The molecule has 1 aliphatic rings. The average Bonchev–Trinajstić information content (AvgIpc) is 3.16. The zero-order chi connectivity index (χ0) is 14.8. The molecule has 3 rings (SSSR count). The van der Waals surface area contributed by atoms with Crippen molar-refractivity contribution in [3.05, 3.63) is 48.0 Å². The molecule has 1 amide bonds. The lowest BCUT2D eigenvalue weighted by Crippen LogP contribution is -2.28. The standard InChI is InChI=1S/C16H16FNO3/c17-13-4-2-1-3-12(13)14-5-6-15(21-14)16(20)18-8-7-11(9-18)10-19/h1-6,11,19H,7-10H2. The number of likely N-dealkylation sites (tertiary alicyclic amines) is 1. The molecule has 1 unspecified atom stereocenters. The summed E-state index contributed by atoms with van der Waals surface area (Å²) < 4.78 is 19.2. The van der Waals surface area contributed by atoms with Gasteiger partial charge in [-0.25, -0.2) is 4.39 Å². The predicted octanol–water partition coefficient (Wildman–Crippen LogP) is 2.54. The third-order valence-corrected chi connectivity index (χ3v) is 3.79. The average molecular weight is 289 g/mol. The van der Waals surface area contributed by atoms with Crippen LogP contribution in [0.3, 0.4) is 0 Å². The summed E-state index contributed by atoms with van der Waals surface area (Å²) in [4.78, 5) is 14.0. The van der Waals surface area contributed by atoms with Crippen LogP contribution in [-0.2, 0) is 0 Å². The molecule has 5 heteroatoms. The van der Waals surface area contributed by atoms with Gasteiger partial charge in [0.05, 0.1) is 5.56 Å². The number of carbonyl (C=O) groups is 1. The van der Waals surface area contributed by atoms with E-state index in [4.69, 9.17) is 9.52 Å². The molecule has 1 aliphatic heterocycles. The molecule has 0 aliphatic carbocycles. The van der Waals surface area contributed by atoms with Crippen LogP contribution in [0.5, 0.6) is 0 Å². The normalized spacial score (nSPS) is 18.2. The Bertz CT molecular complexity index is 652. The van der Waals surface area contributed by atoms with Crippen molar-refractivity contribution in [1.29, 1.82) is 0 Å². The van der Waals surface area contributed by atoms with E-state index in [9.17, 15) is 9.18 Å². The van der Waals surface area contributed by atoms with E-state index in [-0.39, 0.29) is 30.0 Å². The molecule has 2 aromatic rings. The number of aliphatic hydroxyl groups is 1. The molecule has 0 saturated carbocycles. The molecule has 0 bridgehead atoms. The summed E-state index contributed by atoms with van der Waals surface area (Å²) in [6.45, 7) is 1.23. The number of furan rings is 1. The first-order valence-electron chi connectivity index (χ1n) is 6.94. The lowest BCUT2D eigenvalue weighted by Gasteiger charge is -2.14. The Balaban J connectivity index is 1.79. The zero-order valence-corrected chi connectivity index (χ0v) is 11.5. The number of halogens is 1. The van der Waals surface area contributed by atoms with Gasteiger partial charge in [0.2, 0.25) is 0 Å². The van der Waals surface area contributed by atoms with Crippen LogP contribution in [0.25, 0.3) is 11.3 Å². The topological polar surface area (TPSA) is 53.7 Å². The number of hydrogen-bond acceptors (Lipinski definition) is 3. The van der Waals surface area contributed by atoms with Crippen molar-refractivity contribution < 1.29 is 18.7 Å². The maximum absolute atomic E-state index is 13.7. The summed E-state index contributed by atoms with van der Waals surface area (Å²) in [6.07, 6.45) is 0.795. The van der Waals surface area contributed by atoms with Crippen LogP contribution in [0.4, 0.5) is 4.39 Å². The highest BCUT2D eigenvalue weighted by Gasteiger charge is 2.28. The zero-order valence-electron chi connectivity index (χ0n) is 11.5. The summed E-state index contributed by atoms with van der Waals surface area (Å²) in [5, 5.41) is 9.12. The monoisotopic (exact) mass is 289 g/mol. The van der Waals surface area contributed by atoms with Gasteiger partial charge < -0.3 is 14.4 Å². The molecule has 1 aromatic heterocycles. The van der Waals surface area contributed by atoms with Crippen LogP contribution in [0.15, 0.2) is 40.8 Å². The second-order valence-corrected chi connectivity index (χ2v) is 5.23. The third kappa shape index (κ3) is 2.69. The summed E-state index contributed by atoms with van der Waals surface area (Å²) in [7, 11) is 0. The Morgan fingerprint density at radius 3 is 2.86 bits per heavy atom. The fourth-order valence-electron chi connectivity index (χ4n) is 2.58. The van der Waals surface area contributed by atoms with Gasteiger partial charge in [0.1, 0.15) is 11.6 Å². The Hall–Kier alpha value is -2.14. The van der Waals surface area contributed by atoms with Gasteiger partial charge >= 0.3 is 0 Å². The van der Waals surface area contributed by atoms with Gasteiger partial charge in [0.25, 0.3) is 5.91 Å². The van der Waals surface area contributed by atoms with E-state index in [1.165, 1.54) is 6.07 Å². The molecule has 1 atom stereocenters. The summed E-state index contributed by atoms with van der Waals surface area (Å²) in [6, 6.07) is 9.45. The van der Waals surface area contributed by atoms with Gasteiger partial charge in [0.15, 0.2) is 5.76 Å². The maximum Gasteiger partial charge on any atom is 0.289 e. The number of aliphatic hydroxyl groups excluding tert-OH is 1. The predicted molar refractivity (Wildman–Crippen MR) is 75.2 cm³/mol. The Morgan fingerprint density at radius 2 is 2.14 bits per heavy atom. The van der Waals surface area contributed by atoms with Crippen molar-refractivity contribution in [2.45, 2.75) is 6.42 Å². The van der Waals surface area contributed by atoms with Crippen LogP contribution in [0.1, 0.15) is 17.0 Å². The van der Waals surface area contributed by atoms with Crippen molar-refractivity contribution in [2.24, 2.45) is 5.92 Å². The molecular formula is C16H16FNO3. The van der Waals surface area contributed by atoms with Crippen molar-refractivity contribution in [2.75, 3.05) is 19.7 Å². The van der Waals surface area contributed by atoms with Gasteiger partial charge in [0, 0.05) is 25.6 Å². The second-order valence-electron chi connectivity index (χ2n) is 5.23. The van der Waals surface area contributed by atoms with Crippen molar-refractivity contribution in [3.8, 4) is 11.3 Å². The molecule has 1 aromatic carbocycles. The van der Waals surface area contributed by atoms with E-state index in [0.29, 0.717) is 24.4 Å². The molecule has 1 saturated heterocycles. The SMILES string of the molecule is O=C(c1ccc(-c2ccccc2F)o1)N1CCC(CO)C1. The second kappa shape index (κ2) is 5.69. The molecule has 1 fully saturated rings. The van der Waals surface area contributed by atoms with Crippen LogP contribution >= 0.6 is 0 Å². The number of hydrogen-bond donors (Lipinski definition) is 1. The van der Waals surface area contributed by atoms with Gasteiger partial charge in [-0.15, -0.1) is 0 Å². The van der Waals surface area contributed by atoms with Crippen LogP contribution in [0, 0.1) is 11.7 Å². The maximum atomic E-state index is 13.7. The molecule has 0 spiro atoms. The number of carbonyl (C=O) groups excluding carboxylic acids is 1. The van der Waals surface area contributed by atoms with Gasteiger partial charge in [-0.1, -0.05) is 12.1 Å². The van der Waals surface area contributed by atoms with E-state index in [2.05, 4.69) is 0 Å². The van der Waals surface area contributed by atoms with Crippen LogP contribution in [-0.4, -0.2) is 35.6 Å². The Labute approximate surface area is 121 Å². The highest BCUT2D eigenvalue weighted by atomic mass is 19.1. The minimum atomic E-state index is -0.382. The lowest BCUT2D eigenvalue weighted by molar-refractivity contribution is 0.0751. The van der Waals surface area contributed by atoms with Crippen molar-refractivity contribution in [3.63, 3.8) is 0 Å². The fourth-order valence-corrected chi connectivity index (χ4v) is 2.58. The Morgan fingerprint density at radius 1 is 1.33 bits per heavy atom. The fraction of sp³-hybridized carbons (Fsp3) is 0.312. The summed E-state index contributed by atoms with van der Waals surface area (Å²) in [5.41, 5.74) is 0.339. The lowest BCUT2D eigenvalue weighted by atomic mass is 10.1. The molecule has 4 nitrogen and oxygen atoms in total. The molecule has 2 heterocycles. The molecular weight excluding hydrogens is 273 g/mol. The highest BCUT2D eigenvalue weighted by Crippen LogP contribution is 2.26. The summed E-state index contributed by atoms with van der Waals surface area (Å²) >= 11 is 0. The van der Waals surface area contributed by atoms with Gasteiger partial charge in [-0.05, 0) is 30.7 Å². The first kappa shape index (κ1) is 13.8. The molecule has 110 valence electrons. The number of benzene rings is 1. The van der Waals surface area contributed by atoms with Crippen LogP contribution < -0.4 is 0 Å². The van der Waals surface area contributed by atoms with Gasteiger partial charge in [-0.2, -0.15) is 0 Å². The quantitative estimate of drug-likeness (QED) is 0.944. The number of nitrogens with zero attached hydrogens (tertiary/aromatic N) is 1. The Kier molecular flexibility index (Phi) is 3.75. The highest BCUT2D eigenvalue weighted by molar-refractivity contribution is 5.92. The summed E-state index contributed by atoms with van der Waals surface area (Å²) in [5.74, 6) is 0.0806. The molecule has 0 radical (unpaired) electrons. The third-order valence-electron chi connectivity index (χ3n) is 3.79. The van der Waals surface area contributed by atoms with Crippen LogP contribution in [0.2, 0.25) is 0 Å². The number of amides is 1. The van der Waals surface area contributed by atoms with Gasteiger partial charge in [-0.3, -0.25) is 4.79 Å². The van der Waals surface area contributed by atoms with Crippen molar-refractivity contribution >= 4 is 5.91 Å². The van der Waals surface area contributed by atoms with E-state index >= 15 is 0 Å². The van der Waals surface area contributed by atoms with E-state index in [1.807, 2.05) is 0 Å². The first-order valence-corrected chi connectivity index (χ1v) is 6.94. The largest absolute Gasteiger partial charge is 0.451 e. The molecule has 21 heavy (non-hydrogen) atoms. The van der Waals surface area contributed by atoms with E-state index < -0.39 is 0 Å².